The molecule has 0 spiro atoms. The topological polar surface area (TPSA) is 42.2 Å². The molecule has 0 radical (unpaired) electrons. The van der Waals surface area contributed by atoms with Crippen LogP contribution in [0, 0.1) is 6.92 Å². The molecule has 3 heteroatoms. The fourth-order valence-corrected chi connectivity index (χ4v) is 5.23. The second-order valence-corrected chi connectivity index (χ2v) is 8.55. The number of piperidine rings is 1. The Kier molecular flexibility index (Phi) is 3.69. The van der Waals surface area contributed by atoms with Gasteiger partial charge in [0, 0.05) is 16.8 Å². The summed E-state index contributed by atoms with van der Waals surface area (Å²) in [7, 11) is 0. The predicted octanol–water partition coefficient (Wildman–Crippen LogP) is 5.64. The summed E-state index contributed by atoms with van der Waals surface area (Å²) >= 11 is 0. The molecular weight excluding hydrogens is 358 g/mol. The van der Waals surface area contributed by atoms with Crippen LogP contribution in [0.4, 0.5) is 0 Å². The van der Waals surface area contributed by atoms with Crippen molar-refractivity contribution >= 4 is 21.7 Å². The summed E-state index contributed by atoms with van der Waals surface area (Å²) in [5, 5.41) is 6.55. The molecule has 4 aromatic rings. The fourth-order valence-electron chi connectivity index (χ4n) is 5.23. The van der Waals surface area contributed by atoms with E-state index in [1.807, 2.05) is 19.1 Å². The molecule has 6 rings (SSSR count). The van der Waals surface area contributed by atoms with Gasteiger partial charge >= 0.3 is 5.63 Å². The van der Waals surface area contributed by atoms with E-state index in [1.165, 1.54) is 41.5 Å². The van der Waals surface area contributed by atoms with Gasteiger partial charge in [0.05, 0.1) is 5.39 Å². The summed E-state index contributed by atoms with van der Waals surface area (Å²) < 4.78 is 5.78. The zero-order valence-corrected chi connectivity index (χ0v) is 16.5. The van der Waals surface area contributed by atoms with E-state index in [-0.39, 0.29) is 5.63 Å². The molecule has 2 heterocycles. The molecule has 1 unspecified atom stereocenters. The van der Waals surface area contributed by atoms with Gasteiger partial charge in [0.2, 0.25) is 0 Å². The van der Waals surface area contributed by atoms with Crippen molar-refractivity contribution in [2.24, 2.45) is 0 Å². The first kappa shape index (κ1) is 17.0. The smallest absolute Gasteiger partial charge is 0.344 e. The minimum atomic E-state index is -0.234. The van der Waals surface area contributed by atoms with E-state index >= 15 is 0 Å². The molecule has 1 N–H and O–H groups in total. The Morgan fingerprint density at radius 3 is 2.72 bits per heavy atom. The molecule has 0 saturated carbocycles. The first-order valence-electron chi connectivity index (χ1n) is 10.5. The average Bonchev–Trinajstić information content (AvgIpc) is 3.11. The van der Waals surface area contributed by atoms with Crippen molar-refractivity contribution in [1.29, 1.82) is 0 Å². The van der Waals surface area contributed by atoms with Crippen molar-refractivity contribution < 1.29 is 4.42 Å². The third-order valence-corrected chi connectivity index (χ3v) is 6.53. The lowest BCUT2D eigenvalue weighted by Crippen LogP contribution is -2.26. The monoisotopic (exact) mass is 381 g/mol. The molecule has 1 saturated heterocycles. The van der Waals surface area contributed by atoms with Crippen molar-refractivity contribution in [1.82, 2.24) is 5.32 Å². The van der Waals surface area contributed by atoms with Gasteiger partial charge in [-0.2, -0.15) is 0 Å². The third kappa shape index (κ3) is 2.65. The Morgan fingerprint density at radius 2 is 1.86 bits per heavy atom. The van der Waals surface area contributed by atoms with Gasteiger partial charge in [-0.05, 0) is 90.4 Å². The highest BCUT2D eigenvalue weighted by Gasteiger charge is 2.22. The molecule has 0 bridgehead atoms. The molecule has 0 amide bonds. The van der Waals surface area contributed by atoms with Crippen LogP contribution < -0.4 is 10.9 Å². The van der Waals surface area contributed by atoms with Crippen molar-refractivity contribution in [3.63, 3.8) is 0 Å². The maximum atomic E-state index is 12.7. The summed E-state index contributed by atoms with van der Waals surface area (Å²) in [6.45, 7) is 3.13. The van der Waals surface area contributed by atoms with Crippen LogP contribution in [0.2, 0.25) is 0 Å². The van der Waals surface area contributed by atoms with Crippen LogP contribution in [-0.4, -0.2) is 6.54 Å². The van der Waals surface area contributed by atoms with Gasteiger partial charge in [0.1, 0.15) is 5.58 Å². The highest BCUT2D eigenvalue weighted by atomic mass is 16.4. The molecular formula is C26H23NO2. The molecule has 1 aromatic heterocycles. The first-order valence-corrected chi connectivity index (χ1v) is 10.5. The molecule has 3 nitrogen and oxygen atoms in total. The third-order valence-electron chi connectivity index (χ3n) is 6.53. The molecule has 1 fully saturated rings. The van der Waals surface area contributed by atoms with Gasteiger partial charge < -0.3 is 9.73 Å². The molecule has 2 aliphatic rings. The summed E-state index contributed by atoms with van der Waals surface area (Å²) in [5.41, 5.74) is 7.73. The number of rotatable bonds is 2. The van der Waals surface area contributed by atoms with Gasteiger partial charge in [0.25, 0.3) is 0 Å². The van der Waals surface area contributed by atoms with E-state index < -0.39 is 0 Å². The Bertz CT molecular complexity index is 1340. The summed E-state index contributed by atoms with van der Waals surface area (Å²) in [4.78, 5) is 12.7. The first-order chi connectivity index (χ1) is 14.2. The van der Waals surface area contributed by atoms with Gasteiger partial charge in [-0.1, -0.05) is 30.7 Å². The number of hydrogen-bond acceptors (Lipinski definition) is 3. The predicted molar refractivity (Wildman–Crippen MR) is 118 cm³/mol. The summed E-state index contributed by atoms with van der Waals surface area (Å²) in [6.07, 6.45) is 4.59. The van der Waals surface area contributed by atoms with Crippen molar-refractivity contribution in [2.45, 2.75) is 38.6 Å². The van der Waals surface area contributed by atoms with Crippen LogP contribution in [0.3, 0.4) is 0 Å². The van der Waals surface area contributed by atoms with Crippen molar-refractivity contribution in [3.8, 4) is 11.1 Å². The van der Waals surface area contributed by atoms with E-state index in [0.29, 0.717) is 17.0 Å². The Balaban J connectivity index is 1.52. The van der Waals surface area contributed by atoms with Crippen LogP contribution in [-0.2, 0) is 6.42 Å². The van der Waals surface area contributed by atoms with Crippen molar-refractivity contribution in [3.05, 3.63) is 81.2 Å². The lowest BCUT2D eigenvalue weighted by molar-refractivity contribution is 0.412. The van der Waals surface area contributed by atoms with E-state index in [0.717, 1.165) is 34.9 Å². The standard InChI is InChI=1S/C26H23NO2/c1-15-9-19-13-20-12-18(14-23-25(20)24(19)21(10-15)26(28)29-23)16-5-4-6-17(11-16)22-7-2-3-8-27-22/h4-6,9-12,14,22,27H,2-3,7-8,13H2,1H3. The number of aryl methyl sites for hydroxylation is 1. The maximum Gasteiger partial charge on any atom is 0.344 e. The Morgan fingerprint density at radius 1 is 0.966 bits per heavy atom. The maximum absolute atomic E-state index is 12.7. The van der Waals surface area contributed by atoms with Crippen molar-refractivity contribution in [2.75, 3.05) is 6.54 Å². The normalized spacial score (nSPS) is 18.2. The lowest BCUT2D eigenvalue weighted by Gasteiger charge is -2.24. The van der Waals surface area contributed by atoms with Crippen LogP contribution in [0.15, 0.2) is 57.7 Å². The Labute approximate surface area is 169 Å². The van der Waals surface area contributed by atoms with Gasteiger partial charge in [-0.25, -0.2) is 4.79 Å². The Hall–Kier alpha value is -2.91. The summed E-state index contributed by atoms with van der Waals surface area (Å²) in [6, 6.07) is 17.7. The lowest BCUT2D eigenvalue weighted by atomic mass is 9.93. The zero-order valence-electron chi connectivity index (χ0n) is 16.5. The van der Waals surface area contributed by atoms with Crippen LogP contribution in [0.25, 0.3) is 32.9 Å². The second kappa shape index (κ2) is 6.30. The number of hydrogen-bond donors (Lipinski definition) is 1. The molecule has 1 aliphatic carbocycles. The highest BCUT2D eigenvalue weighted by Crippen LogP contribution is 2.40. The SMILES string of the molecule is Cc1cc2c3c(c1)c(=O)oc1cc(-c4cccc(C5CCCCN5)c4)cc(c13)C2. The molecule has 144 valence electrons. The number of benzene rings is 3. The zero-order chi connectivity index (χ0) is 19.5. The number of nitrogens with one attached hydrogen (secondary N) is 1. The molecule has 3 aromatic carbocycles. The summed E-state index contributed by atoms with van der Waals surface area (Å²) in [5.74, 6) is 0. The van der Waals surface area contributed by atoms with E-state index in [4.69, 9.17) is 4.42 Å². The van der Waals surface area contributed by atoms with Crippen LogP contribution in [0.5, 0.6) is 0 Å². The molecule has 1 aliphatic heterocycles. The minimum Gasteiger partial charge on any atom is -0.422 e. The van der Waals surface area contributed by atoms with Gasteiger partial charge in [-0.15, -0.1) is 0 Å². The fraction of sp³-hybridized carbons (Fsp3) is 0.269. The van der Waals surface area contributed by atoms with E-state index in [2.05, 4.69) is 41.7 Å². The van der Waals surface area contributed by atoms with Gasteiger partial charge in [-0.3, -0.25) is 0 Å². The van der Waals surface area contributed by atoms with Crippen LogP contribution >= 0.6 is 0 Å². The highest BCUT2D eigenvalue weighted by molar-refractivity contribution is 6.11. The minimum absolute atomic E-state index is 0.234. The van der Waals surface area contributed by atoms with E-state index in [1.54, 1.807) is 0 Å². The molecule has 29 heavy (non-hydrogen) atoms. The second-order valence-electron chi connectivity index (χ2n) is 8.55. The van der Waals surface area contributed by atoms with E-state index in [9.17, 15) is 4.79 Å². The average molecular weight is 381 g/mol. The quantitative estimate of drug-likeness (QED) is 0.318. The van der Waals surface area contributed by atoms with Gasteiger partial charge in [0.15, 0.2) is 0 Å². The largest absolute Gasteiger partial charge is 0.422 e. The molecule has 1 atom stereocenters. The van der Waals surface area contributed by atoms with Crippen LogP contribution in [0.1, 0.15) is 47.6 Å².